The summed E-state index contributed by atoms with van der Waals surface area (Å²) in [5.41, 5.74) is 1.97. The molecule has 0 spiro atoms. The Morgan fingerprint density at radius 2 is 1.92 bits per heavy atom. The van der Waals surface area contributed by atoms with Gasteiger partial charge in [0, 0.05) is 45.6 Å². The molecule has 0 atom stereocenters. The molecule has 37 heavy (non-hydrogen) atoms. The van der Waals surface area contributed by atoms with E-state index < -0.39 is 13.7 Å². The van der Waals surface area contributed by atoms with Gasteiger partial charge in [0.2, 0.25) is 5.95 Å². The van der Waals surface area contributed by atoms with E-state index >= 15 is 0 Å². The third-order valence-corrected chi connectivity index (χ3v) is 8.02. The average Bonchev–Trinajstić information content (AvgIpc) is 3.21. The number of ether oxygens (including phenoxy) is 2. The SMILES string of the molecule is CC(C)c1nn(COCC[Si](C)(C)C)cc1-c1nc(NC2CCN(C(=O)OC(C)(C)C)CC2)ncc1Cl. The minimum absolute atomic E-state index is 0.153. The van der Waals surface area contributed by atoms with Crippen molar-refractivity contribution < 1.29 is 14.3 Å². The van der Waals surface area contributed by atoms with Crippen molar-refractivity contribution in [2.24, 2.45) is 0 Å². The Morgan fingerprint density at radius 1 is 1.24 bits per heavy atom. The number of piperidine rings is 1. The largest absolute Gasteiger partial charge is 0.444 e. The van der Waals surface area contributed by atoms with Crippen LogP contribution in [0.4, 0.5) is 10.7 Å². The van der Waals surface area contributed by atoms with Gasteiger partial charge in [-0.15, -0.1) is 0 Å². The monoisotopic (exact) mass is 550 g/mol. The van der Waals surface area contributed by atoms with Crippen molar-refractivity contribution in [3.8, 4) is 11.3 Å². The molecule has 0 aliphatic carbocycles. The quantitative estimate of drug-likeness (QED) is 0.291. The highest BCUT2D eigenvalue weighted by atomic mass is 35.5. The smallest absolute Gasteiger partial charge is 0.410 e. The minimum Gasteiger partial charge on any atom is -0.444 e. The molecular weight excluding hydrogens is 508 g/mol. The van der Waals surface area contributed by atoms with Crippen LogP contribution in [0.25, 0.3) is 11.3 Å². The van der Waals surface area contributed by atoms with Gasteiger partial charge in [0.05, 0.1) is 22.6 Å². The van der Waals surface area contributed by atoms with Gasteiger partial charge < -0.3 is 19.7 Å². The summed E-state index contributed by atoms with van der Waals surface area (Å²) in [6.45, 7) is 19.2. The molecule has 9 nitrogen and oxygen atoms in total. The van der Waals surface area contributed by atoms with Crippen LogP contribution in [0.3, 0.4) is 0 Å². The summed E-state index contributed by atoms with van der Waals surface area (Å²) in [7, 11) is -1.14. The van der Waals surface area contributed by atoms with E-state index in [1.165, 1.54) is 0 Å². The van der Waals surface area contributed by atoms with Crippen molar-refractivity contribution in [3.63, 3.8) is 0 Å². The molecule has 0 bridgehead atoms. The van der Waals surface area contributed by atoms with Gasteiger partial charge >= 0.3 is 6.09 Å². The summed E-state index contributed by atoms with van der Waals surface area (Å²) in [6.07, 6.45) is 4.89. The fourth-order valence-corrected chi connectivity index (χ4v) is 4.94. The maximum atomic E-state index is 12.4. The molecule has 206 valence electrons. The molecule has 2 aromatic rings. The molecule has 1 aliphatic rings. The number of halogens is 1. The van der Waals surface area contributed by atoms with Gasteiger partial charge in [0.1, 0.15) is 12.3 Å². The molecule has 3 heterocycles. The summed E-state index contributed by atoms with van der Waals surface area (Å²) in [6, 6.07) is 1.27. The third-order valence-electron chi connectivity index (χ3n) is 6.04. The minimum atomic E-state index is -1.14. The van der Waals surface area contributed by atoms with Gasteiger partial charge in [-0.1, -0.05) is 45.1 Å². The summed E-state index contributed by atoms with van der Waals surface area (Å²) in [5, 5.41) is 8.68. The molecular formula is C26H43ClN6O3Si. The normalized spacial score (nSPS) is 15.4. The molecule has 1 saturated heterocycles. The molecule has 0 saturated carbocycles. The molecule has 2 aromatic heterocycles. The zero-order chi connectivity index (χ0) is 27.4. The van der Waals surface area contributed by atoms with Crippen molar-refractivity contribution in [1.29, 1.82) is 0 Å². The van der Waals surface area contributed by atoms with E-state index in [2.05, 4.69) is 43.8 Å². The van der Waals surface area contributed by atoms with E-state index in [-0.39, 0.29) is 18.1 Å². The standard InChI is InChI=1S/C26H43ClN6O3Si/c1-18(2)22-20(16-33(31-22)17-35-13-14-37(6,7)8)23-21(27)15-28-24(30-23)29-19-9-11-32(12-10-19)25(34)36-26(3,4)5/h15-16,18-19H,9-14,17H2,1-8H3,(H,28,29,30). The van der Waals surface area contributed by atoms with E-state index in [1.807, 2.05) is 31.6 Å². The van der Waals surface area contributed by atoms with Gasteiger partial charge in [-0.25, -0.2) is 19.4 Å². The van der Waals surface area contributed by atoms with Gasteiger partial charge in [-0.05, 0) is 45.6 Å². The molecule has 1 N–H and O–H groups in total. The van der Waals surface area contributed by atoms with Crippen LogP contribution in [0.15, 0.2) is 12.4 Å². The summed E-state index contributed by atoms with van der Waals surface area (Å²) >= 11 is 6.57. The number of nitrogens with one attached hydrogen (secondary N) is 1. The predicted octanol–water partition coefficient (Wildman–Crippen LogP) is 6.24. The number of amides is 1. The van der Waals surface area contributed by atoms with Crippen LogP contribution >= 0.6 is 11.6 Å². The van der Waals surface area contributed by atoms with Gasteiger partial charge in [0.25, 0.3) is 0 Å². The number of aromatic nitrogens is 4. The topological polar surface area (TPSA) is 94.4 Å². The maximum absolute atomic E-state index is 12.4. The molecule has 1 aliphatic heterocycles. The third kappa shape index (κ3) is 8.96. The van der Waals surface area contributed by atoms with Crippen molar-refractivity contribution in [1.82, 2.24) is 24.6 Å². The van der Waals surface area contributed by atoms with E-state index in [4.69, 9.17) is 31.2 Å². The predicted molar refractivity (Wildman–Crippen MR) is 151 cm³/mol. The Bertz CT molecular complexity index is 1060. The van der Waals surface area contributed by atoms with E-state index in [0.29, 0.717) is 36.5 Å². The molecule has 0 unspecified atom stereocenters. The average molecular weight is 551 g/mol. The Hall–Kier alpha value is -2.17. The van der Waals surface area contributed by atoms with Crippen LogP contribution in [-0.4, -0.2) is 70.2 Å². The number of hydrogen-bond acceptors (Lipinski definition) is 7. The number of nitrogens with zero attached hydrogens (tertiary/aromatic N) is 5. The molecule has 11 heteroatoms. The highest BCUT2D eigenvalue weighted by Crippen LogP contribution is 2.32. The fourth-order valence-electron chi connectivity index (χ4n) is 3.99. The highest BCUT2D eigenvalue weighted by molar-refractivity contribution is 6.76. The Morgan fingerprint density at radius 3 is 2.51 bits per heavy atom. The lowest BCUT2D eigenvalue weighted by molar-refractivity contribution is 0.0210. The van der Waals surface area contributed by atoms with Crippen LogP contribution < -0.4 is 5.32 Å². The van der Waals surface area contributed by atoms with Crippen LogP contribution in [0, 0.1) is 0 Å². The lowest BCUT2D eigenvalue weighted by Gasteiger charge is -2.33. The first-order valence-electron chi connectivity index (χ1n) is 13.1. The second kappa shape index (κ2) is 12.1. The van der Waals surface area contributed by atoms with Gasteiger partial charge in [0.15, 0.2) is 0 Å². The highest BCUT2D eigenvalue weighted by Gasteiger charge is 2.27. The van der Waals surface area contributed by atoms with Crippen LogP contribution in [0.5, 0.6) is 0 Å². The van der Waals surface area contributed by atoms with Crippen LogP contribution in [-0.2, 0) is 16.2 Å². The first-order valence-corrected chi connectivity index (χ1v) is 17.2. The van der Waals surface area contributed by atoms with Gasteiger partial charge in [-0.2, -0.15) is 5.10 Å². The number of carbonyl (C=O) groups excluding carboxylic acids is 1. The molecule has 1 amide bonds. The molecule has 3 rings (SSSR count). The lowest BCUT2D eigenvalue weighted by atomic mass is 10.0. The first kappa shape index (κ1) is 29.4. The van der Waals surface area contributed by atoms with E-state index in [9.17, 15) is 4.79 Å². The lowest BCUT2D eigenvalue weighted by Crippen LogP contribution is -2.44. The maximum Gasteiger partial charge on any atom is 0.410 e. The van der Waals surface area contributed by atoms with Crippen LogP contribution in [0.2, 0.25) is 30.7 Å². The molecule has 0 radical (unpaired) electrons. The zero-order valence-corrected chi connectivity index (χ0v) is 25.4. The summed E-state index contributed by atoms with van der Waals surface area (Å²) in [4.78, 5) is 23.3. The first-order chi connectivity index (χ1) is 17.2. The fraction of sp³-hybridized carbons (Fsp3) is 0.692. The second-order valence-electron chi connectivity index (χ2n) is 12.2. The second-order valence-corrected chi connectivity index (χ2v) is 18.3. The Kier molecular flexibility index (Phi) is 9.63. The van der Waals surface area contributed by atoms with E-state index in [0.717, 1.165) is 36.8 Å². The van der Waals surface area contributed by atoms with Crippen molar-refractivity contribution >= 4 is 31.7 Å². The number of anilines is 1. The summed E-state index contributed by atoms with van der Waals surface area (Å²) in [5.74, 6) is 0.710. The van der Waals surface area contributed by atoms with Crippen molar-refractivity contribution in [2.45, 2.75) is 97.4 Å². The van der Waals surface area contributed by atoms with Crippen LogP contribution in [0.1, 0.15) is 59.1 Å². The zero-order valence-electron chi connectivity index (χ0n) is 23.6. The van der Waals surface area contributed by atoms with Crippen molar-refractivity contribution in [3.05, 3.63) is 23.1 Å². The Balaban J connectivity index is 1.67. The Labute approximate surface area is 227 Å². The molecule has 1 fully saturated rings. The number of likely N-dealkylation sites (tertiary alicyclic amines) is 1. The summed E-state index contributed by atoms with van der Waals surface area (Å²) < 4.78 is 13.2. The van der Waals surface area contributed by atoms with E-state index in [1.54, 1.807) is 11.1 Å². The molecule has 0 aromatic carbocycles. The number of carbonyl (C=O) groups is 1. The number of rotatable bonds is 9. The number of hydrogen-bond donors (Lipinski definition) is 1. The van der Waals surface area contributed by atoms with Crippen molar-refractivity contribution in [2.75, 3.05) is 25.0 Å². The van der Waals surface area contributed by atoms with Gasteiger partial charge in [-0.3, -0.25) is 0 Å².